The molecule has 0 spiro atoms. The maximum Gasteiger partial charge on any atom is 0.306 e. The second kappa shape index (κ2) is 65.8. The molecule has 0 aliphatic heterocycles. The molecule has 0 N–H and O–H groups in total. The van der Waals surface area contributed by atoms with E-state index in [1.54, 1.807) is 0 Å². The zero-order valence-electron chi connectivity index (χ0n) is 51.4. The van der Waals surface area contributed by atoms with Crippen molar-refractivity contribution >= 4 is 17.9 Å². The molecular formula is C72H124O6. The lowest BCUT2D eigenvalue weighted by Crippen LogP contribution is -2.30. The number of carbonyl (C=O) groups excluding carboxylic acids is 3. The molecule has 0 saturated heterocycles. The molecule has 0 aromatic carbocycles. The first-order chi connectivity index (χ1) is 38.5. The lowest BCUT2D eigenvalue weighted by atomic mass is 10.0. The number of esters is 3. The Morgan fingerprint density at radius 3 is 0.795 bits per heavy atom. The number of unbranched alkanes of at least 4 members (excludes halogenated alkanes) is 33. The molecule has 0 amide bonds. The highest BCUT2D eigenvalue weighted by molar-refractivity contribution is 5.71. The summed E-state index contributed by atoms with van der Waals surface area (Å²) < 4.78 is 16.9. The van der Waals surface area contributed by atoms with Gasteiger partial charge in [0.05, 0.1) is 0 Å². The van der Waals surface area contributed by atoms with E-state index in [4.69, 9.17) is 14.2 Å². The zero-order chi connectivity index (χ0) is 56.4. The van der Waals surface area contributed by atoms with Gasteiger partial charge in [-0.1, -0.05) is 291 Å². The molecule has 0 radical (unpaired) electrons. The Kier molecular flexibility index (Phi) is 62.7. The standard InChI is InChI=1S/C72H124O6/c1-4-7-10-13-16-19-22-24-26-27-28-29-30-31-32-33-34-35-36-37-38-39-40-41-42-43-44-45-46-48-50-53-56-59-62-65-71(74)77-68-69(67-76-70(73)64-61-58-55-52-49-21-18-15-12-9-6-3)78-72(75)66-63-60-57-54-51-47-25-23-20-17-14-11-8-5-2/h7,10,14-19,23-26,28-29,31-32,69H,4-6,8-9,11-13,20-22,27,30,33-68H2,1-3H3/b10-7-,17-14-,18-15-,19-16-,25-23-,26-24-,29-28-,32-31-. The average Bonchev–Trinajstić information content (AvgIpc) is 3.44. The molecule has 78 heavy (non-hydrogen) atoms. The maximum atomic E-state index is 12.9. The highest BCUT2D eigenvalue weighted by atomic mass is 16.6. The average molecular weight is 1090 g/mol. The van der Waals surface area contributed by atoms with E-state index in [0.717, 1.165) is 122 Å². The van der Waals surface area contributed by atoms with Gasteiger partial charge in [-0.25, -0.2) is 0 Å². The van der Waals surface area contributed by atoms with E-state index < -0.39 is 6.10 Å². The van der Waals surface area contributed by atoms with Gasteiger partial charge in [-0.05, 0) is 109 Å². The predicted molar refractivity (Wildman–Crippen MR) is 339 cm³/mol. The summed E-state index contributed by atoms with van der Waals surface area (Å²) >= 11 is 0. The van der Waals surface area contributed by atoms with E-state index in [-0.39, 0.29) is 31.1 Å². The molecule has 0 aliphatic rings. The van der Waals surface area contributed by atoms with Crippen LogP contribution < -0.4 is 0 Å². The highest BCUT2D eigenvalue weighted by Gasteiger charge is 2.19. The maximum absolute atomic E-state index is 12.9. The third-order valence-electron chi connectivity index (χ3n) is 14.3. The number of hydrogen-bond donors (Lipinski definition) is 0. The lowest BCUT2D eigenvalue weighted by Gasteiger charge is -2.18. The second-order valence-electron chi connectivity index (χ2n) is 22.0. The molecule has 6 nitrogen and oxygen atoms in total. The van der Waals surface area contributed by atoms with Crippen molar-refractivity contribution < 1.29 is 28.6 Å². The molecular weight excluding hydrogens is 961 g/mol. The van der Waals surface area contributed by atoms with Gasteiger partial charge in [0.2, 0.25) is 0 Å². The van der Waals surface area contributed by atoms with Gasteiger partial charge in [0, 0.05) is 19.3 Å². The molecule has 0 rings (SSSR count). The van der Waals surface area contributed by atoms with Crippen molar-refractivity contribution in [3.8, 4) is 0 Å². The Morgan fingerprint density at radius 2 is 0.500 bits per heavy atom. The topological polar surface area (TPSA) is 78.9 Å². The monoisotopic (exact) mass is 1080 g/mol. The van der Waals surface area contributed by atoms with Crippen LogP contribution in [0.2, 0.25) is 0 Å². The number of carbonyl (C=O) groups is 3. The Hall–Kier alpha value is -3.67. The molecule has 1 unspecified atom stereocenters. The summed E-state index contributed by atoms with van der Waals surface area (Å²) in [6.07, 6.45) is 88.7. The molecule has 0 aromatic rings. The molecule has 0 bridgehead atoms. The third-order valence-corrected chi connectivity index (χ3v) is 14.3. The van der Waals surface area contributed by atoms with Crippen LogP contribution in [-0.4, -0.2) is 37.2 Å². The molecule has 0 aliphatic carbocycles. The minimum atomic E-state index is -0.786. The first-order valence-electron chi connectivity index (χ1n) is 33.2. The van der Waals surface area contributed by atoms with Gasteiger partial charge in [0.25, 0.3) is 0 Å². The second-order valence-corrected chi connectivity index (χ2v) is 22.0. The minimum Gasteiger partial charge on any atom is -0.462 e. The van der Waals surface area contributed by atoms with E-state index >= 15 is 0 Å². The normalized spacial score (nSPS) is 12.7. The van der Waals surface area contributed by atoms with Crippen molar-refractivity contribution in [3.63, 3.8) is 0 Å². The van der Waals surface area contributed by atoms with Crippen LogP contribution in [0.25, 0.3) is 0 Å². The number of rotatable bonds is 60. The van der Waals surface area contributed by atoms with E-state index in [2.05, 4.69) is 118 Å². The Labute approximate surface area is 483 Å². The van der Waals surface area contributed by atoms with E-state index in [1.807, 2.05) is 0 Å². The summed E-state index contributed by atoms with van der Waals surface area (Å²) in [6.45, 7) is 6.45. The fraction of sp³-hybridized carbons (Fsp3) is 0.736. The fourth-order valence-corrected chi connectivity index (χ4v) is 9.29. The van der Waals surface area contributed by atoms with Gasteiger partial charge in [-0.3, -0.25) is 14.4 Å². The van der Waals surface area contributed by atoms with E-state index in [1.165, 1.54) is 161 Å². The van der Waals surface area contributed by atoms with E-state index in [9.17, 15) is 14.4 Å². The van der Waals surface area contributed by atoms with Gasteiger partial charge in [-0.15, -0.1) is 0 Å². The van der Waals surface area contributed by atoms with Crippen molar-refractivity contribution in [2.75, 3.05) is 13.2 Å². The van der Waals surface area contributed by atoms with Crippen LogP contribution in [0.15, 0.2) is 97.2 Å². The van der Waals surface area contributed by atoms with Crippen LogP contribution in [0.4, 0.5) is 0 Å². The van der Waals surface area contributed by atoms with Crippen LogP contribution in [-0.2, 0) is 28.6 Å². The van der Waals surface area contributed by atoms with Crippen LogP contribution in [0.3, 0.4) is 0 Å². The SMILES string of the molecule is CC/C=C\C/C=C\C/C=C\C/C=C\C/C=C\CCCCCCCCCCCCCCCCCCCCCC(=O)OCC(COC(=O)CCCCCCC/C=C\CCCC)OC(=O)CCCCCCC/C=C\C/C=C\CCCC. The van der Waals surface area contributed by atoms with Crippen molar-refractivity contribution in [1.82, 2.24) is 0 Å². The lowest BCUT2D eigenvalue weighted by molar-refractivity contribution is -0.167. The molecule has 0 aromatic heterocycles. The summed E-state index contributed by atoms with van der Waals surface area (Å²) in [5.74, 6) is -0.896. The minimum absolute atomic E-state index is 0.0822. The summed E-state index contributed by atoms with van der Waals surface area (Å²) in [6, 6.07) is 0. The van der Waals surface area contributed by atoms with Crippen LogP contribution >= 0.6 is 0 Å². The quantitative estimate of drug-likeness (QED) is 0.0261. The van der Waals surface area contributed by atoms with Gasteiger partial charge >= 0.3 is 17.9 Å². The van der Waals surface area contributed by atoms with Crippen LogP contribution in [0.1, 0.15) is 323 Å². The number of allylic oxidation sites excluding steroid dienone is 16. The smallest absolute Gasteiger partial charge is 0.306 e. The summed E-state index contributed by atoms with van der Waals surface area (Å²) in [4.78, 5) is 38.2. The largest absolute Gasteiger partial charge is 0.462 e. The molecule has 448 valence electrons. The van der Waals surface area contributed by atoms with Crippen molar-refractivity contribution in [1.29, 1.82) is 0 Å². The number of hydrogen-bond acceptors (Lipinski definition) is 6. The van der Waals surface area contributed by atoms with Crippen LogP contribution in [0, 0.1) is 0 Å². The van der Waals surface area contributed by atoms with Crippen LogP contribution in [0.5, 0.6) is 0 Å². The first kappa shape index (κ1) is 74.3. The van der Waals surface area contributed by atoms with Crippen molar-refractivity contribution in [3.05, 3.63) is 97.2 Å². The van der Waals surface area contributed by atoms with Gasteiger partial charge in [0.1, 0.15) is 13.2 Å². The zero-order valence-corrected chi connectivity index (χ0v) is 51.4. The fourth-order valence-electron chi connectivity index (χ4n) is 9.29. The van der Waals surface area contributed by atoms with Crippen molar-refractivity contribution in [2.24, 2.45) is 0 Å². The molecule has 1 atom stereocenters. The van der Waals surface area contributed by atoms with Gasteiger partial charge in [-0.2, -0.15) is 0 Å². The predicted octanol–water partition coefficient (Wildman–Crippen LogP) is 22.8. The third kappa shape index (κ3) is 63.2. The highest BCUT2D eigenvalue weighted by Crippen LogP contribution is 2.17. The summed E-state index contributed by atoms with van der Waals surface area (Å²) in [5, 5.41) is 0. The number of ether oxygens (including phenoxy) is 3. The van der Waals surface area contributed by atoms with Crippen molar-refractivity contribution in [2.45, 2.75) is 329 Å². The summed E-state index contributed by atoms with van der Waals surface area (Å²) in [7, 11) is 0. The van der Waals surface area contributed by atoms with Gasteiger partial charge in [0.15, 0.2) is 6.10 Å². The molecule has 0 heterocycles. The Balaban J connectivity index is 4.07. The first-order valence-corrected chi connectivity index (χ1v) is 33.2. The van der Waals surface area contributed by atoms with Gasteiger partial charge < -0.3 is 14.2 Å². The molecule has 0 fully saturated rings. The Morgan fingerprint density at radius 1 is 0.269 bits per heavy atom. The molecule has 6 heteroatoms. The van der Waals surface area contributed by atoms with E-state index in [0.29, 0.717) is 19.3 Å². The Bertz CT molecular complexity index is 1530. The molecule has 0 saturated carbocycles. The summed E-state index contributed by atoms with van der Waals surface area (Å²) in [5.41, 5.74) is 0.